The third-order valence-electron chi connectivity index (χ3n) is 4.83. The molecule has 1 saturated heterocycles. The molecule has 1 fully saturated rings. The number of halogens is 1. The molecule has 1 aliphatic rings. The Bertz CT molecular complexity index is 1160. The van der Waals surface area contributed by atoms with E-state index in [-0.39, 0.29) is 0 Å². The van der Waals surface area contributed by atoms with Crippen molar-refractivity contribution in [3.8, 4) is 17.1 Å². The van der Waals surface area contributed by atoms with Gasteiger partial charge in [-0.1, -0.05) is 58.9 Å². The van der Waals surface area contributed by atoms with Crippen molar-refractivity contribution >= 4 is 29.3 Å². The normalized spacial score (nSPS) is 14.2. The van der Waals surface area contributed by atoms with E-state index in [1.807, 2.05) is 48.5 Å². The van der Waals surface area contributed by atoms with E-state index < -0.39 is 0 Å². The fourth-order valence-corrected chi connectivity index (χ4v) is 4.32. The smallest absolute Gasteiger partial charge is 0.237 e. The molecule has 0 atom stereocenters. The summed E-state index contributed by atoms with van der Waals surface area (Å²) in [5, 5.41) is 14.3. The fourth-order valence-electron chi connectivity index (χ4n) is 3.32. The Kier molecular flexibility index (Phi) is 5.88. The highest BCUT2D eigenvalue weighted by atomic mass is 35.5. The first-order chi connectivity index (χ1) is 15.3. The van der Waals surface area contributed by atoms with Crippen LogP contribution in [0.2, 0.25) is 5.02 Å². The number of nitrogens with zero attached hydrogens (tertiary/aromatic N) is 6. The summed E-state index contributed by atoms with van der Waals surface area (Å²) in [6, 6.07) is 17.5. The average Bonchev–Trinajstić information content (AvgIpc) is 3.46. The minimum Gasteiger partial charge on any atom is -0.378 e. The number of ether oxygens (including phenoxy) is 1. The molecule has 0 radical (unpaired) electrons. The van der Waals surface area contributed by atoms with Crippen LogP contribution in [-0.4, -0.2) is 51.2 Å². The van der Waals surface area contributed by atoms with Gasteiger partial charge < -0.3 is 14.2 Å². The predicted octanol–water partition coefficient (Wildman–Crippen LogP) is 4.10. The van der Waals surface area contributed by atoms with Crippen LogP contribution in [0.4, 0.5) is 5.95 Å². The van der Waals surface area contributed by atoms with Gasteiger partial charge in [0.2, 0.25) is 17.7 Å². The lowest BCUT2D eigenvalue weighted by atomic mass is 10.2. The first-order valence-corrected chi connectivity index (χ1v) is 11.2. The maximum atomic E-state index is 6.24. The Hall–Kier alpha value is -2.88. The maximum absolute atomic E-state index is 6.24. The van der Waals surface area contributed by atoms with E-state index in [0.29, 0.717) is 35.7 Å². The number of hydrogen-bond acceptors (Lipinski definition) is 8. The Morgan fingerprint density at radius 2 is 1.74 bits per heavy atom. The Morgan fingerprint density at radius 1 is 0.968 bits per heavy atom. The van der Waals surface area contributed by atoms with E-state index in [0.717, 1.165) is 35.4 Å². The van der Waals surface area contributed by atoms with Gasteiger partial charge in [0.1, 0.15) is 0 Å². The predicted molar refractivity (Wildman–Crippen MR) is 119 cm³/mol. The fraction of sp³-hybridized carbons (Fsp3) is 0.238. The number of anilines is 1. The van der Waals surface area contributed by atoms with Crippen molar-refractivity contribution in [1.82, 2.24) is 24.9 Å². The Labute approximate surface area is 188 Å². The van der Waals surface area contributed by atoms with Gasteiger partial charge in [0.05, 0.1) is 29.7 Å². The highest BCUT2D eigenvalue weighted by Crippen LogP contribution is 2.30. The molecule has 2 aromatic heterocycles. The van der Waals surface area contributed by atoms with Crippen molar-refractivity contribution < 1.29 is 9.26 Å². The summed E-state index contributed by atoms with van der Waals surface area (Å²) in [7, 11) is 0. The van der Waals surface area contributed by atoms with E-state index in [4.69, 9.17) is 20.9 Å². The average molecular weight is 455 g/mol. The first kappa shape index (κ1) is 20.0. The minimum atomic E-state index is 0.464. The monoisotopic (exact) mass is 454 g/mol. The third-order valence-corrected chi connectivity index (χ3v) is 6.08. The van der Waals surface area contributed by atoms with Crippen LogP contribution in [0.5, 0.6) is 0 Å². The van der Waals surface area contributed by atoms with Crippen molar-refractivity contribution in [2.24, 2.45) is 0 Å². The number of rotatable bonds is 6. The summed E-state index contributed by atoms with van der Waals surface area (Å²) in [6.45, 7) is 2.91. The van der Waals surface area contributed by atoms with Crippen LogP contribution in [0.25, 0.3) is 17.1 Å². The van der Waals surface area contributed by atoms with Gasteiger partial charge in [-0.3, -0.25) is 4.57 Å². The molecule has 158 valence electrons. The van der Waals surface area contributed by atoms with E-state index in [1.54, 1.807) is 6.07 Å². The molecule has 8 nitrogen and oxygen atoms in total. The van der Waals surface area contributed by atoms with Gasteiger partial charge in [-0.2, -0.15) is 4.98 Å². The van der Waals surface area contributed by atoms with Crippen LogP contribution in [0.15, 0.2) is 64.3 Å². The van der Waals surface area contributed by atoms with Gasteiger partial charge in [-0.05, 0) is 24.3 Å². The molecule has 0 bridgehead atoms. The summed E-state index contributed by atoms with van der Waals surface area (Å²) in [5.41, 5.74) is 1.74. The van der Waals surface area contributed by atoms with E-state index in [2.05, 4.69) is 29.8 Å². The van der Waals surface area contributed by atoms with Crippen LogP contribution in [0.1, 0.15) is 5.89 Å². The lowest BCUT2D eigenvalue weighted by Crippen LogP contribution is -2.37. The summed E-state index contributed by atoms with van der Waals surface area (Å²) in [6.07, 6.45) is 0. The molecule has 4 aromatic rings. The van der Waals surface area contributed by atoms with E-state index in [1.165, 1.54) is 11.8 Å². The molecule has 5 rings (SSSR count). The minimum absolute atomic E-state index is 0.464. The highest BCUT2D eigenvalue weighted by Gasteiger charge is 2.22. The molecule has 2 aromatic carbocycles. The largest absolute Gasteiger partial charge is 0.378 e. The van der Waals surface area contributed by atoms with Crippen molar-refractivity contribution in [3.05, 3.63) is 65.5 Å². The van der Waals surface area contributed by atoms with Crippen LogP contribution in [-0.2, 0) is 10.5 Å². The number of thioether (sulfide) groups is 1. The summed E-state index contributed by atoms with van der Waals surface area (Å²) in [4.78, 5) is 6.68. The molecule has 0 unspecified atom stereocenters. The molecular weight excluding hydrogens is 436 g/mol. The van der Waals surface area contributed by atoms with Gasteiger partial charge in [0, 0.05) is 18.7 Å². The summed E-state index contributed by atoms with van der Waals surface area (Å²) < 4.78 is 13.0. The summed E-state index contributed by atoms with van der Waals surface area (Å²) >= 11 is 7.74. The molecule has 10 heteroatoms. The van der Waals surface area contributed by atoms with Gasteiger partial charge in [-0.15, -0.1) is 10.2 Å². The highest BCUT2D eigenvalue weighted by molar-refractivity contribution is 7.98. The SMILES string of the molecule is Clc1ccccc1-c1noc(CSc2nnc(N3CCOCC3)n2-c2ccccc2)n1. The van der Waals surface area contributed by atoms with Crippen LogP contribution < -0.4 is 4.90 Å². The molecule has 1 aliphatic heterocycles. The van der Waals surface area contributed by atoms with Crippen LogP contribution in [0.3, 0.4) is 0 Å². The number of hydrogen-bond donors (Lipinski definition) is 0. The molecule has 0 saturated carbocycles. The van der Waals surface area contributed by atoms with Crippen molar-refractivity contribution in [2.75, 3.05) is 31.2 Å². The lowest BCUT2D eigenvalue weighted by Gasteiger charge is -2.27. The van der Waals surface area contributed by atoms with Crippen molar-refractivity contribution in [2.45, 2.75) is 10.9 Å². The van der Waals surface area contributed by atoms with Crippen molar-refractivity contribution in [1.29, 1.82) is 0 Å². The van der Waals surface area contributed by atoms with Crippen LogP contribution >= 0.6 is 23.4 Å². The molecule has 0 spiro atoms. The number of morpholine rings is 1. The quantitative estimate of drug-likeness (QED) is 0.403. The number of benzene rings is 2. The molecule has 0 N–H and O–H groups in total. The second kappa shape index (κ2) is 9.09. The second-order valence-electron chi connectivity index (χ2n) is 6.83. The number of aromatic nitrogens is 5. The molecule has 0 amide bonds. The van der Waals surface area contributed by atoms with Gasteiger partial charge in [-0.25, -0.2) is 0 Å². The zero-order chi connectivity index (χ0) is 21.0. The van der Waals surface area contributed by atoms with Crippen LogP contribution in [0, 0.1) is 0 Å². The Morgan fingerprint density at radius 3 is 2.55 bits per heavy atom. The topological polar surface area (TPSA) is 82.1 Å². The zero-order valence-electron chi connectivity index (χ0n) is 16.5. The standard InChI is InChI=1S/C21H19ClN6O2S/c22-17-9-5-4-8-16(17)19-23-18(30-26-19)14-31-21-25-24-20(27-10-12-29-13-11-27)28(21)15-6-2-1-3-7-15/h1-9H,10-14H2. The molecule has 31 heavy (non-hydrogen) atoms. The van der Waals surface area contributed by atoms with E-state index in [9.17, 15) is 0 Å². The second-order valence-corrected chi connectivity index (χ2v) is 8.18. The van der Waals surface area contributed by atoms with Gasteiger partial charge >= 0.3 is 0 Å². The zero-order valence-corrected chi connectivity index (χ0v) is 18.1. The lowest BCUT2D eigenvalue weighted by molar-refractivity contribution is 0.122. The molecule has 0 aliphatic carbocycles. The third kappa shape index (κ3) is 4.30. The number of para-hydroxylation sites is 1. The first-order valence-electron chi connectivity index (χ1n) is 9.83. The van der Waals surface area contributed by atoms with Crippen molar-refractivity contribution in [3.63, 3.8) is 0 Å². The maximum Gasteiger partial charge on any atom is 0.237 e. The van der Waals surface area contributed by atoms with Gasteiger partial charge in [0.25, 0.3) is 0 Å². The molecular formula is C21H19ClN6O2S. The summed E-state index contributed by atoms with van der Waals surface area (Å²) in [5.74, 6) is 2.24. The Balaban J connectivity index is 1.40. The van der Waals surface area contributed by atoms with Gasteiger partial charge in [0.15, 0.2) is 5.16 Å². The molecule has 3 heterocycles. The van der Waals surface area contributed by atoms with E-state index >= 15 is 0 Å².